The third-order valence-electron chi connectivity index (χ3n) is 1.87. The second kappa shape index (κ2) is 2.79. The number of imidazole rings is 1. The molecule has 13 heavy (non-hydrogen) atoms. The van der Waals surface area contributed by atoms with Gasteiger partial charge in [-0.2, -0.15) is 0 Å². The van der Waals surface area contributed by atoms with Crippen LogP contribution in [0.4, 0.5) is 5.69 Å². The molecule has 0 saturated carbocycles. The average molecular weight is 172 g/mol. The van der Waals surface area contributed by atoms with Gasteiger partial charge in [0.15, 0.2) is 0 Å². The summed E-state index contributed by atoms with van der Waals surface area (Å²) in [5.41, 5.74) is 8.08. The van der Waals surface area contributed by atoms with Gasteiger partial charge in [0.1, 0.15) is 6.33 Å². The zero-order chi connectivity index (χ0) is 9.26. The zero-order valence-electron chi connectivity index (χ0n) is 6.94. The van der Waals surface area contributed by atoms with Gasteiger partial charge in [-0.05, 0) is 18.2 Å². The predicted octanol–water partition coefficient (Wildman–Crippen LogP) is 1.50. The van der Waals surface area contributed by atoms with Crippen LogP contribution in [0.15, 0.2) is 24.5 Å². The summed E-state index contributed by atoms with van der Waals surface area (Å²) in [6.45, 7) is 7.05. The Morgan fingerprint density at radius 2 is 2.38 bits per heavy atom. The van der Waals surface area contributed by atoms with Crippen LogP contribution in [0.1, 0.15) is 0 Å². The van der Waals surface area contributed by atoms with E-state index in [1.54, 1.807) is 17.0 Å². The van der Waals surface area contributed by atoms with Crippen LogP contribution >= 0.6 is 0 Å². The fourth-order valence-electron chi connectivity index (χ4n) is 1.27. The first-order valence-corrected chi connectivity index (χ1v) is 3.85. The van der Waals surface area contributed by atoms with Gasteiger partial charge >= 0.3 is 0 Å². The Morgan fingerprint density at radius 3 is 3.15 bits per heavy atom. The maximum Gasteiger partial charge on any atom is 0.294 e. The number of anilines is 1. The van der Waals surface area contributed by atoms with Gasteiger partial charge in [0.2, 0.25) is 0 Å². The van der Waals surface area contributed by atoms with Crippen LogP contribution in [0.5, 0.6) is 0 Å². The van der Waals surface area contributed by atoms with Gasteiger partial charge in [0.25, 0.3) is 6.67 Å². The van der Waals surface area contributed by atoms with Gasteiger partial charge < -0.3 is 5.73 Å². The van der Waals surface area contributed by atoms with E-state index in [4.69, 9.17) is 12.3 Å². The SMILES string of the molecule is [C-]#[N+]Cn1cnc2cc(N)ccc21. The van der Waals surface area contributed by atoms with Gasteiger partial charge in [-0.25, -0.2) is 11.6 Å². The van der Waals surface area contributed by atoms with E-state index in [0.29, 0.717) is 12.4 Å². The van der Waals surface area contributed by atoms with Crippen molar-refractivity contribution >= 4 is 16.7 Å². The number of hydrogen-bond acceptors (Lipinski definition) is 2. The molecule has 1 aromatic heterocycles. The van der Waals surface area contributed by atoms with Crippen molar-refractivity contribution in [3.8, 4) is 0 Å². The number of rotatable bonds is 1. The highest BCUT2D eigenvalue weighted by Crippen LogP contribution is 2.15. The van der Waals surface area contributed by atoms with Crippen molar-refractivity contribution in [3.05, 3.63) is 35.9 Å². The molecule has 0 atom stereocenters. The lowest BCUT2D eigenvalue weighted by molar-refractivity contribution is 0.845. The summed E-state index contributed by atoms with van der Waals surface area (Å²) in [6, 6.07) is 5.49. The minimum Gasteiger partial charge on any atom is -0.399 e. The summed E-state index contributed by atoms with van der Waals surface area (Å²) >= 11 is 0. The molecule has 0 saturated heterocycles. The maximum atomic E-state index is 6.75. The fourth-order valence-corrected chi connectivity index (χ4v) is 1.27. The number of nitrogen functional groups attached to an aromatic ring is 1. The highest BCUT2D eigenvalue weighted by Gasteiger charge is 2.02. The van der Waals surface area contributed by atoms with Crippen molar-refractivity contribution in [2.45, 2.75) is 6.67 Å². The molecule has 0 aliphatic carbocycles. The molecule has 4 nitrogen and oxygen atoms in total. The van der Waals surface area contributed by atoms with Crippen LogP contribution in [0.2, 0.25) is 0 Å². The third kappa shape index (κ3) is 1.20. The number of nitrogens with zero attached hydrogens (tertiary/aromatic N) is 3. The van der Waals surface area contributed by atoms with Crippen molar-refractivity contribution in [3.63, 3.8) is 0 Å². The molecule has 1 heterocycles. The van der Waals surface area contributed by atoms with Gasteiger partial charge in [-0.1, -0.05) is 0 Å². The lowest BCUT2D eigenvalue weighted by atomic mass is 10.3. The van der Waals surface area contributed by atoms with Crippen molar-refractivity contribution in [2.24, 2.45) is 0 Å². The van der Waals surface area contributed by atoms with E-state index in [1.807, 2.05) is 12.1 Å². The van der Waals surface area contributed by atoms with E-state index in [1.165, 1.54) is 0 Å². The summed E-state index contributed by atoms with van der Waals surface area (Å²) in [7, 11) is 0. The maximum absolute atomic E-state index is 6.75. The molecule has 0 unspecified atom stereocenters. The lowest BCUT2D eigenvalue weighted by Gasteiger charge is -1.95. The fraction of sp³-hybridized carbons (Fsp3) is 0.111. The average Bonchev–Trinajstić information content (AvgIpc) is 2.49. The van der Waals surface area contributed by atoms with E-state index < -0.39 is 0 Å². The molecule has 1 aromatic carbocycles. The Bertz CT molecular complexity index is 478. The molecular weight excluding hydrogens is 164 g/mol. The summed E-state index contributed by atoms with van der Waals surface area (Å²) in [5.74, 6) is 0. The molecule has 0 spiro atoms. The van der Waals surface area contributed by atoms with Gasteiger partial charge in [-0.15, -0.1) is 0 Å². The minimum atomic E-state index is 0.306. The summed E-state index contributed by atoms with van der Waals surface area (Å²) in [4.78, 5) is 7.43. The molecule has 0 aliphatic rings. The standard InChI is InChI=1S/C9H8N4/c1-11-5-13-6-12-8-4-7(10)2-3-9(8)13/h2-4,6H,5,10H2. The van der Waals surface area contributed by atoms with Crippen LogP contribution in [-0.4, -0.2) is 9.55 Å². The molecule has 0 radical (unpaired) electrons. The second-order valence-corrected chi connectivity index (χ2v) is 2.76. The van der Waals surface area contributed by atoms with E-state index in [-0.39, 0.29) is 0 Å². The molecular formula is C9H8N4. The molecule has 0 amide bonds. The first-order chi connectivity index (χ1) is 6.31. The number of benzene rings is 1. The van der Waals surface area contributed by atoms with Crippen LogP contribution in [0, 0.1) is 6.57 Å². The number of hydrogen-bond donors (Lipinski definition) is 1. The summed E-state index contributed by atoms with van der Waals surface area (Å²) in [6.07, 6.45) is 1.65. The molecule has 4 heteroatoms. The Kier molecular flexibility index (Phi) is 1.64. The number of fused-ring (bicyclic) bond motifs is 1. The monoisotopic (exact) mass is 172 g/mol. The van der Waals surface area contributed by atoms with Gasteiger partial charge in [-0.3, -0.25) is 9.41 Å². The van der Waals surface area contributed by atoms with Crippen LogP contribution < -0.4 is 5.73 Å². The Labute approximate surface area is 75.4 Å². The topological polar surface area (TPSA) is 48.2 Å². The number of nitrogens with two attached hydrogens (primary N) is 1. The lowest BCUT2D eigenvalue weighted by Crippen LogP contribution is -1.90. The van der Waals surface area contributed by atoms with E-state index in [9.17, 15) is 0 Å². The zero-order valence-corrected chi connectivity index (χ0v) is 6.94. The minimum absolute atomic E-state index is 0.306. The quantitative estimate of drug-likeness (QED) is 0.523. The summed E-state index contributed by atoms with van der Waals surface area (Å²) < 4.78 is 1.79. The Balaban J connectivity index is 2.63. The molecule has 2 aromatic rings. The Hall–Kier alpha value is -2.02. The molecule has 64 valence electrons. The highest BCUT2D eigenvalue weighted by molar-refractivity contribution is 5.78. The summed E-state index contributed by atoms with van der Waals surface area (Å²) in [5, 5.41) is 0. The normalized spacial score (nSPS) is 10.1. The molecule has 0 fully saturated rings. The largest absolute Gasteiger partial charge is 0.399 e. The smallest absolute Gasteiger partial charge is 0.294 e. The molecule has 2 rings (SSSR count). The van der Waals surface area contributed by atoms with Crippen molar-refractivity contribution < 1.29 is 0 Å². The van der Waals surface area contributed by atoms with Crippen LogP contribution in [0.3, 0.4) is 0 Å². The van der Waals surface area contributed by atoms with Crippen molar-refractivity contribution in [1.82, 2.24) is 9.55 Å². The van der Waals surface area contributed by atoms with Gasteiger partial charge in [0, 0.05) is 5.69 Å². The highest BCUT2D eigenvalue weighted by atomic mass is 15.1. The Morgan fingerprint density at radius 1 is 1.54 bits per heavy atom. The molecule has 0 aliphatic heterocycles. The van der Waals surface area contributed by atoms with Gasteiger partial charge in [0.05, 0.1) is 11.0 Å². The van der Waals surface area contributed by atoms with Crippen molar-refractivity contribution in [1.29, 1.82) is 0 Å². The number of aromatic nitrogens is 2. The van der Waals surface area contributed by atoms with E-state index >= 15 is 0 Å². The van der Waals surface area contributed by atoms with E-state index in [0.717, 1.165) is 11.0 Å². The first-order valence-electron chi connectivity index (χ1n) is 3.85. The third-order valence-corrected chi connectivity index (χ3v) is 1.87. The van der Waals surface area contributed by atoms with Crippen molar-refractivity contribution in [2.75, 3.05) is 5.73 Å². The van der Waals surface area contributed by atoms with Crippen LogP contribution in [0.25, 0.3) is 15.9 Å². The van der Waals surface area contributed by atoms with Crippen LogP contribution in [-0.2, 0) is 6.67 Å². The molecule has 0 bridgehead atoms. The second-order valence-electron chi connectivity index (χ2n) is 2.76. The predicted molar refractivity (Wildman–Crippen MR) is 50.7 cm³/mol. The van der Waals surface area contributed by atoms with E-state index in [2.05, 4.69) is 9.83 Å². The first kappa shape index (κ1) is 7.62. The molecule has 2 N–H and O–H groups in total.